The molecule has 80 valence electrons. The maximum atomic E-state index is 11.7. The Morgan fingerprint density at radius 2 is 1.93 bits per heavy atom. The third-order valence-electron chi connectivity index (χ3n) is 3.14. The zero-order valence-corrected chi connectivity index (χ0v) is 8.85. The molecule has 0 atom stereocenters. The lowest BCUT2D eigenvalue weighted by Crippen LogP contribution is -2.03. The average molecular weight is 204 g/mol. The molecule has 1 heterocycles. The van der Waals surface area contributed by atoms with E-state index in [9.17, 15) is 4.79 Å². The molecular weight excluding hydrogens is 188 g/mol. The number of Topliss-reactive ketones (excluding diaryl/α,β-unsaturated/α-hetero) is 1. The molecule has 1 aliphatic carbocycles. The third-order valence-corrected chi connectivity index (χ3v) is 3.14. The van der Waals surface area contributed by atoms with Gasteiger partial charge in [0.2, 0.25) is 0 Å². The van der Waals surface area contributed by atoms with Gasteiger partial charge in [-0.2, -0.15) is 0 Å². The first-order valence-corrected chi connectivity index (χ1v) is 5.64. The van der Waals surface area contributed by atoms with Gasteiger partial charge in [0.25, 0.3) is 0 Å². The highest BCUT2D eigenvalue weighted by molar-refractivity contribution is 5.95. The van der Waals surface area contributed by atoms with Crippen molar-refractivity contribution in [3.63, 3.8) is 0 Å². The van der Waals surface area contributed by atoms with Crippen molar-refractivity contribution < 1.29 is 4.79 Å². The zero-order chi connectivity index (χ0) is 10.5. The molecule has 0 spiro atoms. The largest absolute Gasteiger partial charge is 0.294 e. The number of nitrogens with zero attached hydrogens (tertiary/aromatic N) is 2. The fourth-order valence-electron chi connectivity index (χ4n) is 2.22. The van der Waals surface area contributed by atoms with Crippen molar-refractivity contribution >= 4 is 5.78 Å². The minimum Gasteiger partial charge on any atom is -0.294 e. The molecule has 0 aliphatic heterocycles. The third kappa shape index (κ3) is 2.85. The summed E-state index contributed by atoms with van der Waals surface area (Å²) in [6.45, 7) is 0. The Balaban J connectivity index is 1.82. The first-order valence-electron chi connectivity index (χ1n) is 5.64. The van der Waals surface area contributed by atoms with Crippen LogP contribution in [0.1, 0.15) is 48.9 Å². The van der Waals surface area contributed by atoms with E-state index in [2.05, 4.69) is 9.97 Å². The molecule has 15 heavy (non-hydrogen) atoms. The maximum Gasteiger partial charge on any atom is 0.165 e. The van der Waals surface area contributed by atoms with E-state index in [0.29, 0.717) is 12.0 Å². The number of rotatable bonds is 4. The summed E-state index contributed by atoms with van der Waals surface area (Å²) in [4.78, 5) is 19.4. The Morgan fingerprint density at radius 1 is 1.27 bits per heavy atom. The summed E-state index contributed by atoms with van der Waals surface area (Å²) in [7, 11) is 0. The smallest absolute Gasteiger partial charge is 0.165 e. The average Bonchev–Trinajstić information content (AvgIpc) is 2.80. The van der Waals surface area contributed by atoms with Gasteiger partial charge in [0, 0.05) is 18.8 Å². The molecule has 0 aromatic carbocycles. The first-order chi connectivity index (χ1) is 7.36. The Labute approximate surface area is 89.9 Å². The number of aromatic nitrogens is 2. The number of carbonyl (C=O) groups excluding carboxylic acids is 1. The molecule has 0 unspecified atom stereocenters. The highest BCUT2D eigenvalue weighted by atomic mass is 16.1. The van der Waals surface area contributed by atoms with Gasteiger partial charge in [0.1, 0.15) is 6.33 Å². The summed E-state index contributed by atoms with van der Waals surface area (Å²) in [5.41, 5.74) is 0.649. The number of hydrogen-bond acceptors (Lipinski definition) is 3. The van der Waals surface area contributed by atoms with E-state index in [-0.39, 0.29) is 5.78 Å². The molecule has 0 amide bonds. The molecule has 2 rings (SSSR count). The van der Waals surface area contributed by atoms with E-state index >= 15 is 0 Å². The molecule has 1 fully saturated rings. The van der Waals surface area contributed by atoms with Gasteiger partial charge in [0.05, 0.1) is 5.56 Å². The highest BCUT2D eigenvalue weighted by Gasteiger charge is 2.16. The van der Waals surface area contributed by atoms with Crippen LogP contribution in [-0.4, -0.2) is 15.8 Å². The highest BCUT2D eigenvalue weighted by Crippen LogP contribution is 2.28. The van der Waals surface area contributed by atoms with Crippen molar-refractivity contribution in [2.45, 2.75) is 38.5 Å². The SMILES string of the molecule is O=C(CCC1CCCC1)c1cncnc1. The van der Waals surface area contributed by atoms with Crippen LogP contribution >= 0.6 is 0 Å². The Hall–Kier alpha value is -1.25. The summed E-state index contributed by atoms with van der Waals surface area (Å²) in [6, 6.07) is 0. The fourth-order valence-corrected chi connectivity index (χ4v) is 2.22. The van der Waals surface area contributed by atoms with E-state index in [1.54, 1.807) is 12.4 Å². The zero-order valence-electron chi connectivity index (χ0n) is 8.85. The Bertz CT molecular complexity index is 318. The minimum atomic E-state index is 0.183. The van der Waals surface area contributed by atoms with Crippen LogP contribution in [0.3, 0.4) is 0 Å². The molecule has 0 N–H and O–H groups in total. The van der Waals surface area contributed by atoms with E-state index in [4.69, 9.17) is 0 Å². The predicted molar refractivity (Wildman–Crippen MR) is 57.6 cm³/mol. The lowest BCUT2D eigenvalue weighted by atomic mass is 9.98. The molecule has 1 saturated carbocycles. The molecule has 1 aromatic heterocycles. The normalized spacial score (nSPS) is 16.8. The van der Waals surface area contributed by atoms with Crippen LogP contribution in [0.5, 0.6) is 0 Å². The van der Waals surface area contributed by atoms with E-state index < -0.39 is 0 Å². The van der Waals surface area contributed by atoms with Gasteiger partial charge in [-0.25, -0.2) is 9.97 Å². The van der Waals surface area contributed by atoms with Gasteiger partial charge in [-0.05, 0) is 12.3 Å². The van der Waals surface area contributed by atoms with Crippen molar-refractivity contribution in [2.24, 2.45) is 5.92 Å². The summed E-state index contributed by atoms with van der Waals surface area (Å²) in [5.74, 6) is 0.959. The predicted octanol–water partition coefficient (Wildman–Crippen LogP) is 2.63. The summed E-state index contributed by atoms with van der Waals surface area (Å²) >= 11 is 0. The summed E-state index contributed by atoms with van der Waals surface area (Å²) in [5, 5.41) is 0. The lowest BCUT2D eigenvalue weighted by molar-refractivity contribution is 0.0973. The van der Waals surface area contributed by atoms with Crippen LogP contribution in [0.15, 0.2) is 18.7 Å². The standard InChI is InChI=1S/C12H16N2O/c15-12(11-7-13-9-14-8-11)6-5-10-3-1-2-4-10/h7-10H,1-6H2. The minimum absolute atomic E-state index is 0.183. The maximum absolute atomic E-state index is 11.7. The molecule has 0 radical (unpaired) electrons. The van der Waals surface area contributed by atoms with Gasteiger partial charge in [-0.15, -0.1) is 0 Å². The quantitative estimate of drug-likeness (QED) is 0.708. The van der Waals surface area contributed by atoms with Crippen LogP contribution < -0.4 is 0 Å². The van der Waals surface area contributed by atoms with Gasteiger partial charge in [-0.1, -0.05) is 25.7 Å². The van der Waals surface area contributed by atoms with E-state index in [1.165, 1.54) is 32.0 Å². The fraction of sp³-hybridized carbons (Fsp3) is 0.583. The molecule has 0 bridgehead atoms. The first kappa shape index (κ1) is 10.3. The molecule has 1 aliphatic rings. The number of hydrogen-bond donors (Lipinski definition) is 0. The van der Waals surface area contributed by atoms with Crippen molar-refractivity contribution in [1.29, 1.82) is 0 Å². The summed E-state index contributed by atoms with van der Waals surface area (Å²) < 4.78 is 0. The molecule has 1 aromatic rings. The molecule has 0 saturated heterocycles. The van der Waals surface area contributed by atoms with Crippen LogP contribution in [0, 0.1) is 5.92 Å². The van der Waals surface area contributed by atoms with Crippen molar-refractivity contribution in [2.75, 3.05) is 0 Å². The Kier molecular flexibility index (Phi) is 3.43. The molecule has 3 heteroatoms. The van der Waals surface area contributed by atoms with Gasteiger partial charge in [0.15, 0.2) is 5.78 Å². The topological polar surface area (TPSA) is 42.9 Å². The van der Waals surface area contributed by atoms with E-state index in [0.717, 1.165) is 12.3 Å². The number of ketones is 1. The summed E-state index contributed by atoms with van der Waals surface area (Å²) in [6.07, 6.45) is 11.6. The molecule has 3 nitrogen and oxygen atoms in total. The van der Waals surface area contributed by atoms with Crippen LogP contribution in [0.2, 0.25) is 0 Å². The lowest BCUT2D eigenvalue weighted by Gasteiger charge is -2.06. The monoisotopic (exact) mass is 204 g/mol. The second-order valence-corrected chi connectivity index (χ2v) is 4.24. The van der Waals surface area contributed by atoms with Crippen molar-refractivity contribution in [1.82, 2.24) is 9.97 Å². The van der Waals surface area contributed by atoms with Crippen LogP contribution in [0.4, 0.5) is 0 Å². The molecular formula is C12H16N2O. The second-order valence-electron chi connectivity index (χ2n) is 4.24. The second kappa shape index (κ2) is 5.01. The van der Waals surface area contributed by atoms with E-state index in [1.807, 2.05) is 0 Å². The van der Waals surface area contributed by atoms with Gasteiger partial charge < -0.3 is 0 Å². The van der Waals surface area contributed by atoms with Crippen LogP contribution in [0.25, 0.3) is 0 Å². The number of carbonyl (C=O) groups is 1. The van der Waals surface area contributed by atoms with Crippen LogP contribution in [-0.2, 0) is 0 Å². The van der Waals surface area contributed by atoms with Gasteiger partial charge in [-0.3, -0.25) is 4.79 Å². The van der Waals surface area contributed by atoms with Crippen molar-refractivity contribution in [3.05, 3.63) is 24.3 Å². The van der Waals surface area contributed by atoms with Gasteiger partial charge >= 0.3 is 0 Å². The van der Waals surface area contributed by atoms with Crippen molar-refractivity contribution in [3.8, 4) is 0 Å². The Morgan fingerprint density at radius 3 is 2.60 bits per heavy atom.